The number of pyridine rings is 1. The molecule has 0 bridgehead atoms. The average molecular weight is 271 g/mol. The van der Waals surface area contributed by atoms with Crippen LogP contribution in [0.1, 0.15) is 24.8 Å². The molecular weight excluding hydrogens is 256 g/mol. The van der Waals surface area contributed by atoms with Crippen LogP contribution in [0.4, 0.5) is 5.82 Å². The molecule has 1 aromatic rings. The van der Waals surface area contributed by atoms with E-state index in [1.807, 2.05) is 6.07 Å². The largest absolute Gasteiger partial charge is 0.392 e. The molecule has 0 aromatic carbocycles. The van der Waals surface area contributed by atoms with Crippen molar-refractivity contribution >= 4 is 21.7 Å². The second-order valence-corrected chi connectivity index (χ2v) is 4.76. The first-order valence-corrected chi connectivity index (χ1v) is 6.11. The molecule has 82 valence electrons. The Balaban J connectivity index is 2.25. The number of piperidine rings is 1. The smallest absolute Gasteiger partial charge is 0.134 e. The van der Waals surface area contributed by atoms with Gasteiger partial charge in [0.1, 0.15) is 5.82 Å². The summed E-state index contributed by atoms with van der Waals surface area (Å²) in [5, 5.41) is 9.29. The summed E-state index contributed by atoms with van der Waals surface area (Å²) in [5.41, 5.74) is 0.909. The second-order valence-electron chi connectivity index (χ2n) is 3.84. The van der Waals surface area contributed by atoms with Crippen molar-refractivity contribution in [3.63, 3.8) is 0 Å². The molecule has 0 atom stereocenters. The van der Waals surface area contributed by atoms with Crippen LogP contribution in [0.25, 0.3) is 0 Å². The lowest BCUT2D eigenvalue weighted by molar-refractivity contribution is 0.281. The normalized spacial score (nSPS) is 16.8. The minimum absolute atomic E-state index is 0.0538. The third-order valence-corrected chi connectivity index (χ3v) is 3.17. The number of aliphatic hydroxyl groups is 1. The third-order valence-electron chi connectivity index (χ3n) is 2.74. The average Bonchev–Trinajstić information content (AvgIpc) is 2.30. The lowest BCUT2D eigenvalue weighted by Gasteiger charge is -2.29. The maximum Gasteiger partial charge on any atom is 0.134 e. The fourth-order valence-electron chi connectivity index (χ4n) is 1.98. The Morgan fingerprint density at radius 1 is 1.33 bits per heavy atom. The molecule has 0 saturated carbocycles. The Bertz CT molecular complexity index is 337. The first-order chi connectivity index (χ1) is 7.31. The van der Waals surface area contributed by atoms with Crippen LogP contribution in [0.15, 0.2) is 16.7 Å². The molecule has 0 aliphatic carbocycles. The molecule has 3 nitrogen and oxygen atoms in total. The van der Waals surface area contributed by atoms with E-state index in [0.717, 1.165) is 28.9 Å². The van der Waals surface area contributed by atoms with E-state index in [1.165, 1.54) is 19.3 Å². The standard InChI is InChI=1S/C11H15BrN2O/c12-10-6-9(8-15)11(13-7-10)14-4-2-1-3-5-14/h6-7,15H,1-5,8H2. The van der Waals surface area contributed by atoms with Gasteiger partial charge in [-0.25, -0.2) is 4.98 Å². The van der Waals surface area contributed by atoms with Gasteiger partial charge in [0.25, 0.3) is 0 Å². The fraction of sp³-hybridized carbons (Fsp3) is 0.545. The zero-order valence-corrected chi connectivity index (χ0v) is 10.2. The first-order valence-electron chi connectivity index (χ1n) is 5.31. The molecule has 2 rings (SSSR count). The van der Waals surface area contributed by atoms with Crippen molar-refractivity contribution in [2.45, 2.75) is 25.9 Å². The highest BCUT2D eigenvalue weighted by molar-refractivity contribution is 9.10. The number of rotatable bonds is 2. The van der Waals surface area contributed by atoms with Crippen LogP contribution < -0.4 is 4.90 Å². The second kappa shape index (κ2) is 4.94. The SMILES string of the molecule is OCc1cc(Br)cnc1N1CCCCC1. The topological polar surface area (TPSA) is 36.4 Å². The molecule has 4 heteroatoms. The van der Waals surface area contributed by atoms with E-state index in [9.17, 15) is 5.11 Å². The number of aromatic nitrogens is 1. The number of hydrogen-bond acceptors (Lipinski definition) is 3. The van der Waals surface area contributed by atoms with Gasteiger partial charge in [-0.15, -0.1) is 0 Å². The molecule has 1 aliphatic heterocycles. The number of hydrogen-bond donors (Lipinski definition) is 1. The molecule has 1 fully saturated rings. The van der Waals surface area contributed by atoms with Gasteiger partial charge in [0.15, 0.2) is 0 Å². The summed E-state index contributed by atoms with van der Waals surface area (Å²) < 4.78 is 0.923. The molecule has 1 aromatic heterocycles. The molecule has 0 radical (unpaired) electrons. The number of halogens is 1. The summed E-state index contributed by atoms with van der Waals surface area (Å²) in [6, 6.07) is 1.94. The fourth-order valence-corrected chi connectivity index (χ4v) is 2.36. The maximum atomic E-state index is 9.29. The molecule has 0 amide bonds. The highest BCUT2D eigenvalue weighted by atomic mass is 79.9. The van der Waals surface area contributed by atoms with Crippen LogP contribution >= 0.6 is 15.9 Å². The third kappa shape index (κ3) is 2.49. The van der Waals surface area contributed by atoms with E-state index in [1.54, 1.807) is 6.20 Å². The molecule has 2 heterocycles. The molecule has 0 spiro atoms. The monoisotopic (exact) mass is 270 g/mol. The molecular formula is C11H15BrN2O. The highest BCUT2D eigenvalue weighted by Gasteiger charge is 2.15. The Morgan fingerprint density at radius 3 is 2.73 bits per heavy atom. The lowest BCUT2D eigenvalue weighted by Crippen LogP contribution is -2.31. The van der Waals surface area contributed by atoms with Crippen molar-refractivity contribution in [1.82, 2.24) is 4.98 Å². The molecule has 1 aliphatic rings. The summed E-state index contributed by atoms with van der Waals surface area (Å²) >= 11 is 3.37. The number of anilines is 1. The van der Waals surface area contributed by atoms with Gasteiger partial charge < -0.3 is 10.0 Å². The van der Waals surface area contributed by atoms with E-state index >= 15 is 0 Å². The lowest BCUT2D eigenvalue weighted by atomic mass is 10.1. The van der Waals surface area contributed by atoms with Gasteiger partial charge >= 0.3 is 0 Å². The molecule has 0 unspecified atom stereocenters. The van der Waals surface area contributed by atoms with Crippen LogP contribution in [0.3, 0.4) is 0 Å². The number of aliphatic hydroxyl groups excluding tert-OH is 1. The van der Waals surface area contributed by atoms with Crippen molar-refractivity contribution in [3.05, 3.63) is 22.3 Å². The van der Waals surface area contributed by atoms with Gasteiger partial charge in [0.05, 0.1) is 6.61 Å². The van der Waals surface area contributed by atoms with E-state index in [-0.39, 0.29) is 6.61 Å². The first kappa shape index (κ1) is 10.9. The van der Waals surface area contributed by atoms with Crippen LogP contribution in [0.2, 0.25) is 0 Å². The zero-order chi connectivity index (χ0) is 10.7. The van der Waals surface area contributed by atoms with Crippen molar-refractivity contribution in [3.8, 4) is 0 Å². The minimum atomic E-state index is 0.0538. The highest BCUT2D eigenvalue weighted by Crippen LogP contribution is 2.24. The van der Waals surface area contributed by atoms with Gasteiger partial charge in [0, 0.05) is 29.3 Å². The predicted molar refractivity (Wildman–Crippen MR) is 63.9 cm³/mol. The van der Waals surface area contributed by atoms with E-state index < -0.39 is 0 Å². The van der Waals surface area contributed by atoms with Crippen molar-refractivity contribution in [1.29, 1.82) is 0 Å². The van der Waals surface area contributed by atoms with Crippen LogP contribution in [0.5, 0.6) is 0 Å². The molecule has 15 heavy (non-hydrogen) atoms. The summed E-state index contributed by atoms with van der Waals surface area (Å²) in [7, 11) is 0. The summed E-state index contributed by atoms with van der Waals surface area (Å²) in [5.74, 6) is 0.945. The molecule has 1 saturated heterocycles. The Kier molecular flexibility index (Phi) is 3.59. The Hall–Kier alpha value is -0.610. The van der Waals surface area contributed by atoms with Crippen molar-refractivity contribution in [2.75, 3.05) is 18.0 Å². The summed E-state index contributed by atoms with van der Waals surface area (Å²) in [6.45, 7) is 2.17. The van der Waals surface area contributed by atoms with E-state index in [2.05, 4.69) is 25.8 Å². The summed E-state index contributed by atoms with van der Waals surface area (Å²) in [6.07, 6.45) is 5.55. The predicted octanol–water partition coefficient (Wildman–Crippen LogP) is 2.33. The van der Waals surface area contributed by atoms with E-state index in [0.29, 0.717) is 0 Å². The minimum Gasteiger partial charge on any atom is -0.392 e. The van der Waals surface area contributed by atoms with Gasteiger partial charge in [-0.2, -0.15) is 0 Å². The molecule has 1 N–H and O–H groups in total. The zero-order valence-electron chi connectivity index (χ0n) is 8.62. The van der Waals surface area contributed by atoms with Crippen molar-refractivity contribution < 1.29 is 5.11 Å². The Morgan fingerprint density at radius 2 is 2.07 bits per heavy atom. The van der Waals surface area contributed by atoms with Gasteiger partial charge in [-0.3, -0.25) is 0 Å². The summed E-state index contributed by atoms with van der Waals surface area (Å²) in [4.78, 5) is 6.66. The van der Waals surface area contributed by atoms with Crippen LogP contribution in [0, 0.1) is 0 Å². The number of nitrogens with zero attached hydrogens (tertiary/aromatic N) is 2. The van der Waals surface area contributed by atoms with Crippen LogP contribution in [-0.2, 0) is 6.61 Å². The Labute approximate surface area is 98.3 Å². The van der Waals surface area contributed by atoms with Crippen LogP contribution in [-0.4, -0.2) is 23.2 Å². The van der Waals surface area contributed by atoms with Gasteiger partial charge in [-0.1, -0.05) is 0 Å². The van der Waals surface area contributed by atoms with Crippen molar-refractivity contribution in [2.24, 2.45) is 0 Å². The van der Waals surface area contributed by atoms with Gasteiger partial charge in [-0.05, 0) is 41.3 Å². The maximum absolute atomic E-state index is 9.29. The van der Waals surface area contributed by atoms with E-state index in [4.69, 9.17) is 0 Å². The van der Waals surface area contributed by atoms with Gasteiger partial charge in [0.2, 0.25) is 0 Å². The quantitative estimate of drug-likeness (QED) is 0.896.